The Balaban J connectivity index is 1.70. The first kappa shape index (κ1) is 17.4. The maximum absolute atomic E-state index is 12.5. The van der Waals surface area contributed by atoms with E-state index in [1.54, 1.807) is 6.20 Å². The van der Waals surface area contributed by atoms with Crippen molar-refractivity contribution >= 4 is 17.5 Å². The van der Waals surface area contributed by atoms with Gasteiger partial charge in [0.1, 0.15) is 0 Å². The Labute approximate surface area is 148 Å². The minimum Gasteiger partial charge on any atom is -0.338 e. The molecular weight excluding hydrogens is 314 g/mol. The van der Waals surface area contributed by atoms with E-state index in [4.69, 9.17) is 0 Å². The van der Waals surface area contributed by atoms with Crippen molar-refractivity contribution in [2.75, 3.05) is 42.9 Å². The van der Waals surface area contributed by atoms with Crippen molar-refractivity contribution < 1.29 is 4.79 Å². The van der Waals surface area contributed by atoms with Crippen molar-refractivity contribution in [3.8, 4) is 0 Å². The second-order valence-corrected chi connectivity index (χ2v) is 6.41. The number of nitrogens with one attached hydrogen (secondary N) is 1. The van der Waals surface area contributed by atoms with Gasteiger partial charge in [0.25, 0.3) is 5.91 Å². The fourth-order valence-electron chi connectivity index (χ4n) is 3.02. The Bertz CT molecular complexity index is 753. The molecule has 0 bridgehead atoms. The zero-order valence-electron chi connectivity index (χ0n) is 15.1. The van der Waals surface area contributed by atoms with Gasteiger partial charge in [0.15, 0.2) is 0 Å². The molecule has 0 atom stereocenters. The van der Waals surface area contributed by atoms with Gasteiger partial charge in [-0.1, -0.05) is 19.1 Å². The molecule has 1 aromatic heterocycles. The van der Waals surface area contributed by atoms with Crippen molar-refractivity contribution in [1.82, 2.24) is 14.9 Å². The number of anilines is 2. The van der Waals surface area contributed by atoms with Crippen molar-refractivity contribution in [3.63, 3.8) is 0 Å². The first-order valence-electron chi connectivity index (χ1n) is 8.76. The van der Waals surface area contributed by atoms with E-state index in [1.807, 2.05) is 38.1 Å². The van der Waals surface area contributed by atoms with Gasteiger partial charge in [0, 0.05) is 38.1 Å². The third-order valence-corrected chi connectivity index (χ3v) is 4.59. The molecule has 1 aliphatic heterocycles. The SMILES string of the molecule is CCN1CCN(c2ncc(C(=O)Nc3cccc(C)c3)c(C)n2)CC1. The molecule has 6 nitrogen and oxygen atoms in total. The quantitative estimate of drug-likeness (QED) is 0.927. The number of carbonyl (C=O) groups excluding carboxylic acids is 1. The monoisotopic (exact) mass is 339 g/mol. The first-order valence-corrected chi connectivity index (χ1v) is 8.76. The number of amides is 1. The minimum atomic E-state index is -0.176. The van der Waals surface area contributed by atoms with Gasteiger partial charge in [-0.3, -0.25) is 4.79 Å². The maximum Gasteiger partial charge on any atom is 0.259 e. The molecule has 3 rings (SSSR count). The largest absolute Gasteiger partial charge is 0.338 e. The van der Waals surface area contributed by atoms with E-state index in [2.05, 4.69) is 32.0 Å². The fraction of sp³-hybridized carbons (Fsp3) is 0.421. The van der Waals surface area contributed by atoms with Gasteiger partial charge < -0.3 is 15.1 Å². The highest BCUT2D eigenvalue weighted by atomic mass is 16.1. The molecule has 0 unspecified atom stereocenters. The van der Waals surface area contributed by atoms with Gasteiger partial charge in [0.05, 0.1) is 11.3 Å². The Kier molecular flexibility index (Phi) is 5.28. The van der Waals surface area contributed by atoms with Crippen LogP contribution in [0.2, 0.25) is 0 Å². The number of carbonyl (C=O) groups is 1. The maximum atomic E-state index is 12.5. The highest BCUT2D eigenvalue weighted by Gasteiger charge is 2.19. The normalized spacial score (nSPS) is 15.2. The zero-order valence-corrected chi connectivity index (χ0v) is 15.1. The number of rotatable bonds is 4. The minimum absolute atomic E-state index is 0.176. The summed E-state index contributed by atoms with van der Waals surface area (Å²) >= 11 is 0. The van der Waals surface area contributed by atoms with Crippen molar-refractivity contribution in [2.45, 2.75) is 20.8 Å². The third kappa shape index (κ3) is 4.14. The molecule has 0 radical (unpaired) electrons. The van der Waals surface area contributed by atoms with Gasteiger partial charge in [-0.05, 0) is 38.1 Å². The number of hydrogen-bond acceptors (Lipinski definition) is 5. The Morgan fingerprint density at radius 1 is 1.20 bits per heavy atom. The lowest BCUT2D eigenvalue weighted by Gasteiger charge is -2.34. The van der Waals surface area contributed by atoms with E-state index < -0.39 is 0 Å². The van der Waals surface area contributed by atoms with Gasteiger partial charge in [-0.15, -0.1) is 0 Å². The van der Waals surface area contributed by atoms with E-state index in [0.717, 1.165) is 44.0 Å². The van der Waals surface area contributed by atoms with Crippen LogP contribution in [-0.4, -0.2) is 53.5 Å². The molecule has 1 aliphatic rings. The summed E-state index contributed by atoms with van der Waals surface area (Å²) in [5, 5.41) is 2.91. The van der Waals surface area contributed by atoms with Crippen LogP contribution in [0.4, 0.5) is 11.6 Å². The average Bonchev–Trinajstić information content (AvgIpc) is 2.61. The molecule has 0 spiro atoms. The summed E-state index contributed by atoms with van der Waals surface area (Å²) in [6, 6.07) is 7.74. The fourth-order valence-corrected chi connectivity index (χ4v) is 3.02. The first-order chi connectivity index (χ1) is 12.1. The van der Waals surface area contributed by atoms with E-state index in [9.17, 15) is 4.79 Å². The number of benzene rings is 1. The summed E-state index contributed by atoms with van der Waals surface area (Å²) in [5.41, 5.74) is 3.10. The molecule has 1 amide bonds. The molecule has 1 fully saturated rings. The zero-order chi connectivity index (χ0) is 17.8. The van der Waals surface area contributed by atoms with Crippen molar-refractivity contribution in [1.29, 1.82) is 0 Å². The summed E-state index contributed by atoms with van der Waals surface area (Å²) in [7, 11) is 0. The molecule has 0 saturated carbocycles. The molecular formula is C19H25N5O. The van der Waals surface area contributed by atoms with E-state index in [0.29, 0.717) is 17.2 Å². The van der Waals surface area contributed by atoms with E-state index >= 15 is 0 Å². The van der Waals surface area contributed by atoms with Gasteiger partial charge >= 0.3 is 0 Å². The van der Waals surface area contributed by atoms with Crippen LogP contribution in [0.15, 0.2) is 30.5 Å². The Morgan fingerprint density at radius 3 is 2.60 bits per heavy atom. The summed E-state index contributed by atoms with van der Waals surface area (Å²) in [5.74, 6) is 0.533. The van der Waals surface area contributed by atoms with Crippen LogP contribution in [-0.2, 0) is 0 Å². The number of hydrogen-bond donors (Lipinski definition) is 1. The number of aromatic nitrogens is 2. The highest BCUT2D eigenvalue weighted by molar-refractivity contribution is 6.04. The standard InChI is InChI=1S/C19H25N5O/c1-4-23-8-10-24(11-9-23)19-20-13-17(15(3)21-19)18(25)22-16-7-5-6-14(2)12-16/h5-7,12-13H,4,8-11H2,1-3H3,(H,22,25). The molecule has 1 aromatic carbocycles. The molecule has 1 saturated heterocycles. The Morgan fingerprint density at radius 2 is 1.96 bits per heavy atom. The molecule has 6 heteroatoms. The summed E-state index contributed by atoms with van der Waals surface area (Å²) in [6.45, 7) is 11.0. The van der Waals surface area contributed by atoms with Gasteiger partial charge in [-0.2, -0.15) is 0 Å². The second kappa shape index (κ2) is 7.61. The predicted octanol–water partition coefficient (Wildman–Crippen LogP) is 2.49. The van der Waals surface area contributed by atoms with Gasteiger partial charge in [-0.25, -0.2) is 9.97 Å². The third-order valence-electron chi connectivity index (χ3n) is 4.59. The van der Waals surface area contributed by atoms with E-state index in [1.165, 1.54) is 0 Å². The lowest BCUT2D eigenvalue weighted by molar-refractivity contribution is 0.102. The summed E-state index contributed by atoms with van der Waals surface area (Å²) in [6.07, 6.45) is 1.63. The summed E-state index contributed by atoms with van der Waals surface area (Å²) in [4.78, 5) is 26.1. The van der Waals surface area contributed by atoms with Crippen LogP contribution in [0, 0.1) is 13.8 Å². The van der Waals surface area contributed by atoms with Crippen LogP contribution in [0.1, 0.15) is 28.5 Å². The Hall–Kier alpha value is -2.47. The van der Waals surface area contributed by atoms with Crippen LogP contribution in [0.25, 0.3) is 0 Å². The molecule has 0 aliphatic carbocycles. The van der Waals surface area contributed by atoms with Crippen LogP contribution in [0.3, 0.4) is 0 Å². The van der Waals surface area contributed by atoms with E-state index in [-0.39, 0.29) is 5.91 Å². The van der Waals surface area contributed by atoms with Crippen LogP contribution in [0.5, 0.6) is 0 Å². The van der Waals surface area contributed by atoms with Crippen molar-refractivity contribution in [3.05, 3.63) is 47.3 Å². The number of aryl methyl sites for hydroxylation is 2. The average molecular weight is 339 g/mol. The molecule has 2 aromatic rings. The molecule has 2 heterocycles. The molecule has 1 N–H and O–H groups in total. The second-order valence-electron chi connectivity index (χ2n) is 6.41. The van der Waals surface area contributed by atoms with Crippen LogP contribution < -0.4 is 10.2 Å². The van der Waals surface area contributed by atoms with Gasteiger partial charge in [0.2, 0.25) is 5.95 Å². The van der Waals surface area contributed by atoms with Crippen molar-refractivity contribution in [2.24, 2.45) is 0 Å². The molecule has 132 valence electrons. The number of piperazine rings is 1. The highest BCUT2D eigenvalue weighted by Crippen LogP contribution is 2.16. The predicted molar refractivity (Wildman–Crippen MR) is 100 cm³/mol. The number of likely N-dealkylation sites (N-methyl/N-ethyl adjacent to an activating group) is 1. The summed E-state index contributed by atoms with van der Waals surface area (Å²) < 4.78 is 0. The molecule has 25 heavy (non-hydrogen) atoms. The topological polar surface area (TPSA) is 61.4 Å². The smallest absolute Gasteiger partial charge is 0.259 e. The lowest BCUT2D eigenvalue weighted by Crippen LogP contribution is -2.46. The number of nitrogens with zero attached hydrogens (tertiary/aromatic N) is 4. The van der Waals surface area contributed by atoms with Crippen LogP contribution >= 0.6 is 0 Å². The lowest BCUT2D eigenvalue weighted by atomic mass is 10.2.